The number of carboxylic acids is 1. The third kappa shape index (κ3) is 6.19. The largest absolute Gasteiger partial charge is 0.479 e. The van der Waals surface area contributed by atoms with Gasteiger partial charge < -0.3 is 20.5 Å². The molecule has 3 N–H and O–H groups in total. The number of hydrogen-bond donors (Lipinski definition) is 3. The minimum absolute atomic E-state index is 0.0420. The Hall–Kier alpha value is -1.83. The van der Waals surface area contributed by atoms with E-state index in [-0.39, 0.29) is 24.4 Å². The molecule has 0 bridgehead atoms. The normalized spacial score (nSPS) is 23.0. The van der Waals surface area contributed by atoms with Gasteiger partial charge in [-0.05, 0) is 54.9 Å². The molecule has 8 nitrogen and oxygen atoms in total. The SMILES string of the molecule is CC(C(=O)NC(C)(C)C)N1CCC(NC(=O)OC(C)(C)C)(C(=O)O)C1. The fraction of sp³-hybridized carbons (Fsp3) is 0.824. The zero-order valence-electron chi connectivity index (χ0n) is 16.2. The number of nitrogens with one attached hydrogen (secondary N) is 2. The lowest BCUT2D eigenvalue weighted by Gasteiger charge is -2.31. The first-order valence-corrected chi connectivity index (χ1v) is 8.46. The van der Waals surface area contributed by atoms with Gasteiger partial charge in [-0.2, -0.15) is 0 Å². The second kappa shape index (κ2) is 7.19. The summed E-state index contributed by atoms with van der Waals surface area (Å²) in [7, 11) is 0. The number of likely N-dealkylation sites (tertiary alicyclic amines) is 1. The van der Waals surface area contributed by atoms with Crippen LogP contribution in [-0.4, -0.2) is 63.8 Å². The fourth-order valence-electron chi connectivity index (χ4n) is 2.64. The molecule has 1 saturated heterocycles. The van der Waals surface area contributed by atoms with Gasteiger partial charge in [-0.25, -0.2) is 9.59 Å². The smallest absolute Gasteiger partial charge is 0.408 e. The number of amides is 2. The molecular formula is C17H31N3O5. The molecule has 2 atom stereocenters. The van der Waals surface area contributed by atoms with Gasteiger partial charge in [0, 0.05) is 18.6 Å². The Morgan fingerprint density at radius 1 is 1.16 bits per heavy atom. The Bertz CT molecular complexity index is 535. The van der Waals surface area contributed by atoms with Gasteiger partial charge in [0.05, 0.1) is 6.04 Å². The van der Waals surface area contributed by atoms with E-state index in [2.05, 4.69) is 10.6 Å². The Balaban J connectivity index is 2.81. The van der Waals surface area contributed by atoms with Crippen molar-refractivity contribution in [3.05, 3.63) is 0 Å². The van der Waals surface area contributed by atoms with Crippen molar-refractivity contribution in [1.82, 2.24) is 15.5 Å². The summed E-state index contributed by atoms with van der Waals surface area (Å²) in [6.45, 7) is 12.9. The zero-order chi connectivity index (χ0) is 19.6. The number of hydrogen-bond acceptors (Lipinski definition) is 5. The van der Waals surface area contributed by atoms with E-state index in [1.165, 1.54) is 0 Å². The van der Waals surface area contributed by atoms with Crippen LogP contribution < -0.4 is 10.6 Å². The predicted molar refractivity (Wildman–Crippen MR) is 93.3 cm³/mol. The highest BCUT2D eigenvalue weighted by Gasteiger charge is 2.48. The van der Waals surface area contributed by atoms with Gasteiger partial charge in [-0.3, -0.25) is 9.69 Å². The third-order valence-corrected chi connectivity index (χ3v) is 3.87. The minimum Gasteiger partial charge on any atom is -0.479 e. The number of ether oxygens (including phenoxy) is 1. The molecule has 8 heteroatoms. The molecule has 0 aromatic heterocycles. The van der Waals surface area contributed by atoms with Crippen molar-refractivity contribution in [2.45, 2.75) is 77.6 Å². The monoisotopic (exact) mass is 357 g/mol. The van der Waals surface area contributed by atoms with Gasteiger partial charge in [0.2, 0.25) is 5.91 Å². The quantitative estimate of drug-likeness (QED) is 0.701. The third-order valence-electron chi connectivity index (χ3n) is 3.87. The molecule has 0 aromatic rings. The highest BCUT2D eigenvalue weighted by Crippen LogP contribution is 2.25. The Morgan fingerprint density at radius 3 is 2.16 bits per heavy atom. The summed E-state index contributed by atoms with van der Waals surface area (Å²) < 4.78 is 5.17. The molecule has 0 radical (unpaired) electrons. The lowest BCUT2D eigenvalue weighted by atomic mass is 9.99. The van der Waals surface area contributed by atoms with Crippen molar-refractivity contribution >= 4 is 18.0 Å². The number of carboxylic acid groups (broad SMARTS) is 1. The van der Waals surface area contributed by atoms with Crippen molar-refractivity contribution in [3.8, 4) is 0 Å². The minimum atomic E-state index is -1.46. The molecule has 144 valence electrons. The molecule has 25 heavy (non-hydrogen) atoms. The number of carbonyl (C=O) groups is 3. The maximum Gasteiger partial charge on any atom is 0.408 e. The molecule has 0 spiro atoms. The highest BCUT2D eigenvalue weighted by atomic mass is 16.6. The summed E-state index contributed by atoms with van der Waals surface area (Å²) in [6, 6.07) is -0.499. The summed E-state index contributed by atoms with van der Waals surface area (Å²) in [4.78, 5) is 37.9. The Morgan fingerprint density at radius 2 is 1.72 bits per heavy atom. The maximum atomic E-state index is 12.3. The van der Waals surface area contributed by atoms with Gasteiger partial charge >= 0.3 is 12.1 Å². The van der Waals surface area contributed by atoms with Crippen LogP contribution in [-0.2, 0) is 14.3 Å². The first kappa shape index (κ1) is 21.2. The van der Waals surface area contributed by atoms with Crippen LogP contribution in [0.15, 0.2) is 0 Å². The van der Waals surface area contributed by atoms with E-state index in [1.807, 2.05) is 20.8 Å². The van der Waals surface area contributed by atoms with Crippen molar-refractivity contribution < 1.29 is 24.2 Å². The van der Waals surface area contributed by atoms with E-state index in [0.29, 0.717) is 6.54 Å². The van der Waals surface area contributed by atoms with Crippen LogP contribution in [0.25, 0.3) is 0 Å². The van der Waals surface area contributed by atoms with Crippen LogP contribution in [0.4, 0.5) is 4.79 Å². The van der Waals surface area contributed by atoms with E-state index in [1.54, 1.807) is 32.6 Å². The van der Waals surface area contributed by atoms with E-state index in [9.17, 15) is 19.5 Å². The standard InChI is InChI=1S/C17H31N3O5/c1-11(12(21)18-15(2,3)4)20-9-8-17(10-20,13(22)23)19-14(24)25-16(5,6)7/h11H,8-10H2,1-7H3,(H,18,21)(H,19,24)(H,22,23). The average Bonchev–Trinajstić information content (AvgIpc) is 2.78. The molecule has 1 fully saturated rings. The molecule has 0 saturated carbocycles. The Kier molecular flexibility index (Phi) is 6.10. The van der Waals surface area contributed by atoms with Crippen molar-refractivity contribution in [2.24, 2.45) is 0 Å². The zero-order valence-corrected chi connectivity index (χ0v) is 16.2. The summed E-state index contributed by atoms with van der Waals surface area (Å²) in [5.74, 6) is -1.31. The second-order valence-corrected chi connectivity index (χ2v) is 8.65. The molecule has 2 unspecified atom stereocenters. The first-order valence-electron chi connectivity index (χ1n) is 8.46. The molecular weight excluding hydrogens is 326 g/mol. The van der Waals surface area contributed by atoms with Crippen molar-refractivity contribution in [1.29, 1.82) is 0 Å². The molecule has 0 aromatic carbocycles. The van der Waals surface area contributed by atoms with Crippen LogP contribution in [0.5, 0.6) is 0 Å². The lowest BCUT2D eigenvalue weighted by molar-refractivity contribution is -0.144. The molecule has 1 aliphatic rings. The number of aliphatic carboxylic acids is 1. The Labute approximate surface area is 149 Å². The highest BCUT2D eigenvalue weighted by molar-refractivity contribution is 5.86. The van der Waals surface area contributed by atoms with Crippen LogP contribution in [0, 0.1) is 0 Å². The molecule has 1 heterocycles. The van der Waals surface area contributed by atoms with Gasteiger partial charge in [-0.1, -0.05) is 0 Å². The van der Waals surface area contributed by atoms with Crippen molar-refractivity contribution in [2.75, 3.05) is 13.1 Å². The number of rotatable bonds is 4. The molecule has 2 amide bonds. The maximum absolute atomic E-state index is 12.3. The number of alkyl carbamates (subject to hydrolysis) is 1. The van der Waals surface area contributed by atoms with E-state index in [0.717, 1.165) is 0 Å². The summed E-state index contributed by atoms with van der Waals surface area (Å²) in [5, 5.41) is 15.0. The number of nitrogens with zero attached hydrogens (tertiary/aromatic N) is 1. The molecule has 1 rings (SSSR count). The van der Waals surface area contributed by atoms with Crippen LogP contribution in [0.3, 0.4) is 0 Å². The van der Waals surface area contributed by atoms with E-state index < -0.39 is 29.2 Å². The van der Waals surface area contributed by atoms with Gasteiger partial charge in [-0.15, -0.1) is 0 Å². The topological polar surface area (TPSA) is 108 Å². The number of carbonyl (C=O) groups excluding carboxylic acids is 2. The molecule has 0 aliphatic carbocycles. The van der Waals surface area contributed by atoms with Crippen LogP contribution >= 0.6 is 0 Å². The van der Waals surface area contributed by atoms with Gasteiger partial charge in [0.25, 0.3) is 0 Å². The summed E-state index contributed by atoms with van der Waals surface area (Å²) >= 11 is 0. The summed E-state index contributed by atoms with van der Waals surface area (Å²) in [5.41, 5.74) is -2.55. The second-order valence-electron chi connectivity index (χ2n) is 8.65. The van der Waals surface area contributed by atoms with Crippen molar-refractivity contribution in [3.63, 3.8) is 0 Å². The van der Waals surface area contributed by atoms with Gasteiger partial charge in [0.15, 0.2) is 5.54 Å². The average molecular weight is 357 g/mol. The van der Waals surface area contributed by atoms with E-state index in [4.69, 9.17) is 4.74 Å². The van der Waals surface area contributed by atoms with E-state index >= 15 is 0 Å². The lowest BCUT2D eigenvalue weighted by Crippen LogP contribution is -2.58. The van der Waals surface area contributed by atoms with Gasteiger partial charge in [0.1, 0.15) is 5.60 Å². The predicted octanol–water partition coefficient (Wildman–Crippen LogP) is 1.34. The molecule has 1 aliphatic heterocycles. The summed E-state index contributed by atoms with van der Waals surface area (Å²) in [6.07, 6.45) is -0.571. The fourth-order valence-corrected chi connectivity index (χ4v) is 2.64. The van der Waals surface area contributed by atoms with Crippen LogP contribution in [0.2, 0.25) is 0 Å². The first-order chi connectivity index (χ1) is 11.2. The van der Waals surface area contributed by atoms with Crippen LogP contribution in [0.1, 0.15) is 54.9 Å².